The monoisotopic (exact) mass is 820 g/mol. The number of esters is 2. The second-order valence-corrected chi connectivity index (χ2v) is 18.5. The highest BCUT2D eigenvalue weighted by molar-refractivity contribution is 5.70. The maximum absolute atomic E-state index is 13.2. The van der Waals surface area contributed by atoms with Gasteiger partial charge in [-0.05, 0) is 70.5 Å². The third kappa shape index (κ3) is 34.5. The van der Waals surface area contributed by atoms with Crippen LogP contribution in [0.1, 0.15) is 233 Å². The molecule has 0 aliphatic carbocycles. The van der Waals surface area contributed by atoms with Gasteiger partial charge in [0.25, 0.3) is 0 Å². The van der Waals surface area contributed by atoms with Crippen LogP contribution in [0, 0.1) is 11.8 Å². The molecule has 0 aromatic carbocycles. The third-order valence-corrected chi connectivity index (χ3v) is 12.9. The number of likely N-dealkylation sites (N-methyl/N-ethyl adjacent to an activating group) is 1. The second kappa shape index (κ2) is 41.2. The zero-order chi connectivity index (χ0) is 42.2. The second-order valence-electron chi connectivity index (χ2n) is 18.5. The van der Waals surface area contributed by atoms with Crippen molar-refractivity contribution in [2.24, 2.45) is 11.8 Å². The fourth-order valence-corrected chi connectivity index (χ4v) is 8.62. The van der Waals surface area contributed by atoms with Crippen molar-refractivity contribution < 1.29 is 19.1 Å². The summed E-state index contributed by atoms with van der Waals surface area (Å²) in [6.45, 7) is 18.2. The van der Waals surface area contributed by atoms with Crippen LogP contribution in [0.15, 0.2) is 0 Å². The summed E-state index contributed by atoms with van der Waals surface area (Å²) in [6, 6.07) is 0. The normalized spacial score (nSPS) is 14.0. The molecule has 0 saturated carbocycles. The number of ether oxygens (including phenoxy) is 2. The summed E-state index contributed by atoms with van der Waals surface area (Å²) in [7, 11) is 2.21. The zero-order valence-corrected chi connectivity index (χ0v) is 39.8. The van der Waals surface area contributed by atoms with Gasteiger partial charge in [-0.25, -0.2) is 0 Å². The zero-order valence-electron chi connectivity index (χ0n) is 39.8. The van der Waals surface area contributed by atoms with Crippen molar-refractivity contribution in [3.8, 4) is 0 Å². The quantitative estimate of drug-likeness (QED) is 0.0448. The molecule has 0 radical (unpaired) electrons. The highest BCUT2D eigenvalue weighted by Crippen LogP contribution is 2.22. The predicted molar refractivity (Wildman–Crippen MR) is 250 cm³/mol. The van der Waals surface area contributed by atoms with E-state index in [-0.39, 0.29) is 11.9 Å². The fraction of sp³-hybridized carbons (Fsp3) is 0.961. The number of carbonyl (C=O) groups is 2. The van der Waals surface area contributed by atoms with Crippen molar-refractivity contribution in [1.29, 1.82) is 0 Å². The standard InChI is InChI=1S/C51H101N3O4/c1-6-10-14-18-22-26-32-48(33-27-23-19-15-11-7-2)46-57-50(55)36-40-53(38-30-31-39-54-44-42-52(5)43-45-54)41-37-51(56)58-47-49(34-28-24-20-16-12-8-3)35-29-25-21-17-13-9-4/h48-49H,6-47H2,1-5H3. The molecule has 1 saturated heterocycles. The molecule has 58 heavy (non-hydrogen) atoms. The van der Waals surface area contributed by atoms with E-state index < -0.39 is 0 Å². The van der Waals surface area contributed by atoms with Crippen molar-refractivity contribution in [3.63, 3.8) is 0 Å². The lowest BCUT2D eigenvalue weighted by Gasteiger charge is -2.32. The van der Waals surface area contributed by atoms with Crippen LogP contribution in [0.2, 0.25) is 0 Å². The van der Waals surface area contributed by atoms with Crippen LogP contribution in [0.5, 0.6) is 0 Å². The first-order chi connectivity index (χ1) is 28.4. The van der Waals surface area contributed by atoms with E-state index in [0.29, 0.717) is 51.0 Å². The van der Waals surface area contributed by atoms with Gasteiger partial charge in [-0.3, -0.25) is 9.59 Å². The van der Waals surface area contributed by atoms with E-state index in [2.05, 4.69) is 49.4 Å². The Morgan fingerprint density at radius 1 is 0.448 bits per heavy atom. The van der Waals surface area contributed by atoms with Crippen LogP contribution in [0.4, 0.5) is 0 Å². The molecule has 0 spiro atoms. The van der Waals surface area contributed by atoms with Crippen LogP contribution >= 0.6 is 0 Å². The minimum atomic E-state index is -0.0758. The Kier molecular flexibility index (Phi) is 38.9. The van der Waals surface area contributed by atoms with Gasteiger partial charge in [-0.2, -0.15) is 0 Å². The molecule has 1 aliphatic rings. The van der Waals surface area contributed by atoms with Crippen LogP contribution in [-0.2, 0) is 19.1 Å². The third-order valence-electron chi connectivity index (χ3n) is 12.9. The van der Waals surface area contributed by atoms with E-state index in [9.17, 15) is 9.59 Å². The van der Waals surface area contributed by atoms with E-state index in [1.54, 1.807) is 0 Å². The average Bonchev–Trinajstić information content (AvgIpc) is 3.23. The van der Waals surface area contributed by atoms with Crippen LogP contribution < -0.4 is 0 Å². The van der Waals surface area contributed by atoms with Gasteiger partial charge in [0.1, 0.15) is 0 Å². The summed E-state index contributed by atoms with van der Waals surface area (Å²) in [5.74, 6) is 0.807. The first kappa shape index (κ1) is 54.8. The number of carbonyl (C=O) groups excluding carboxylic acids is 2. The molecule has 0 amide bonds. The molecule has 1 fully saturated rings. The summed E-state index contributed by atoms with van der Waals surface area (Å²) >= 11 is 0. The number of nitrogens with zero attached hydrogens (tertiary/aromatic N) is 3. The highest BCUT2D eigenvalue weighted by Gasteiger charge is 2.18. The number of piperazine rings is 1. The summed E-state index contributed by atoms with van der Waals surface area (Å²) in [5.41, 5.74) is 0. The van der Waals surface area contributed by atoms with E-state index in [0.717, 1.165) is 52.1 Å². The maximum Gasteiger partial charge on any atom is 0.307 e. The molecule has 0 bridgehead atoms. The van der Waals surface area contributed by atoms with E-state index >= 15 is 0 Å². The van der Waals surface area contributed by atoms with Gasteiger partial charge >= 0.3 is 11.9 Å². The van der Waals surface area contributed by atoms with Gasteiger partial charge in [0.2, 0.25) is 0 Å². The molecular formula is C51H101N3O4. The Bertz CT molecular complexity index is 807. The molecule has 1 rings (SSSR count). The Labute approximate surface area is 362 Å². The molecule has 0 unspecified atom stereocenters. The van der Waals surface area contributed by atoms with Crippen molar-refractivity contribution in [3.05, 3.63) is 0 Å². The van der Waals surface area contributed by atoms with E-state index in [1.165, 1.54) is 180 Å². The van der Waals surface area contributed by atoms with Gasteiger partial charge in [-0.1, -0.05) is 182 Å². The molecule has 0 N–H and O–H groups in total. The van der Waals surface area contributed by atoms with Gasteiger partial charge in [0, 0.05) is 39.3 Å². The first-order valence-corrected chi connectivity index (χ1v) is 25.9. The lowest BCUT2D eigenvalue weighted by atomic mass is 9.94. The molecule has 7 nitrogen and oxygen atoms in total. The lowest BCUT2D eigenvalue weighted by Crippen LogP contribution is -2.44. The maximum atomic E-state index is 13.2. The number of hydrogen-bond acceptors (Lipinski definition) is 7. The van der Waals surface area contributed by atoms with Crippen molar-refractivity contribution in [2.75, 3.05) is 72.6 Å². The Morgan fingerprint density at radius 3 is 1.16 bits per heavy atom. The molecule has 0 atom stereocenters. The van der Waals surface area contributed by atoms with Crippen LogP contribution in [0.3, 0.4) is 0 Å². The molecular weight excluding hydrogens is 719 g/mol. The lowest BCUT2D eigenvalue weighted by molar-refractivity contribution is -0.145. The van der Waals surface area contributed by atoms with Crippen LogP contribution in [0.25, 0.3) is 0 Å². The van der Waals surface area contributed by atoms with Crippen molar-refractivity contribution in [2.45, 2.75) is 233 Å². The van der Waals surface area contributed by atoms with Crippen molar-refractivity contribution in [1.82, 2.24) is 14.7 Å². The summed E-state index contributed by atoms with van der Waals surface area (Å²) < 4.78 is 12.0. The number of hydrogen-bond donors (Lipinski definition) is 0. The average molecular weight is 820 g/mol. The Morgan fingerprint density at radius 2 is 0.793 bits per heavy atom. The number of rotatable bonds is 43. The minimum absolute atomic E-state index is 0.0758. The van der Waals surface area contributed by atoms with Gasteiger partial charge < -0.3 is 24.2 Å². The summed E-state index contributed by atoms with van der Waals surface area (Å²) in [5, 5.41) is 0. The van der Waals surface area contributed by atoms with E-state index in [1.807, 2.05) is 0 Å². The Balaban J connectivity index is 2.67. The van der Waals surface area contributed by atoms with Gasteiger partial charge in [0.05, 0.1) is 26.1 Å². The predicted octanol–water partition coefficient (Wildman–Crippen LogP) is 13.4. The molecule has 7 heteroatoms. The minimum Gasteiger partial charge on any atom is -0.465 e. The van der Waals surface area contributed by atoms with E-state index in [4.69, 9.17) is 9.47 Å². The molecule has 1 heterocycles. The molecule has 0 aromatic rings. The smallest absolute Gasteiger partial charge is 0.307 e. The topological polar surface area (TPSA) is 62.3 Å². The number of unbranched alkanes of at least 4 members (excludes halogenated alkanes) is 21. The largest absolute Gasteiger partial charge is 0.465 e. The Hall–Kier alpha value is -1.18. The van der Waals surface area contributed by atoms with Gasteiger partial charge in [0.15, 0.2) is 0 Å². The molecule has 344 valence electrons. The van der Waals surface area contributed by atoms with Crippen LogP contribution in [-0.4, -0.2) is 99.3 Å². The summed E-state index contributed by atoms with van der Waals surface area (Å²) in [6.07, 6.45) is 39.1. The molecule has 1 aliphatic heterocycles. The highest BCUT2D eigenvalue weighted by atomic mass is 16.5. The SMILES string of the molecule is CCCCCCCCC(CCCCCCCC)COC(=O)CCN(CCCCN1CCN(C)CC1)CCC(=O)OCC(CCCCCCCC)CCCCCCCC. The van der Waals surface area contributed by atoms with Crippen molar-refractivity contribution >= 4 is 11.9 Å². The fourth-order valence-electron chi connectivity index (χ4n) is 8.62. The molecule has 0 aromatic heterocycles. The first-order valence-electron chi connectivity index (χ1n) is 25.9. The van der Waals surface area contributed by atoms with Gasteiger partial charge in [-0.15, -0.1) is 0 Å². The summed E-state index contributed by atoms with van der Waals surface area (Å²) in [4.78, 5) is 33.7.